The Bertz CT molecular complexity index is 399. The second-order valence-electron chi connectivity index (χ2n) is 3.49. The third kappa shape index (κ3) is 4.05. The summed E-state index contributed by atoms with van der Waals surface area (Å²) in [4.78, 5) is 0. The Hall–Kier alpha value is -1.53. The predicted molar refractivity (Wildman–Crippen MR) is 74.1 cm³/mol. The maximum atomic E-state index is 8.66. The Balaban J connectivity index is 2.64. The van der Waals surface area contributed by atoms with Gasteiger partial charge >= 0.3 is 0 Å². The number of thiocarbonyl (C=S) groups is 1. The molecule has 0 aromatic heterocycles. The molecule has 1 rings (SSSR count). The number of nitrogens with one attached hydrogen (secondary N) is 2. The van der Waals surface area contributed by atoms with Crippen LogP contribution in [0.4, 0.5) is 0 Å². The molecule has 0 saturated heterocycles. The molecule has 5 nitrogen and oxygen atoms in total. The van der Waals surface area contributed by atoms with E-state index in [1.165, 1.54) is 0 Å². The number of aliphatic hydroxyl groups is 1. The number of hydrogen-bond donors (Lipinski definition) is 3. The lowest BCUT2D eigenvalue weighted by Gasteiger charge is -2.14. The van der Waals surface area contributed by atoms with Crippen LogP contribution in [0.25, 0.3) is 0 Å². The van der Waals surface area contributed by atoms with Crippen LogP contribution in [0.3, 0.4) is 0 Å². The van der Waals surface area contributed by atoms with Crippen molar-refractivity contribution in [2.24, 2.45) is 0 Å². The molecular formula is C12H18N2O3S. The summed E-state index contributed by atoms with van der Waals surface area (Å²) in [5.74, 6) is 1.38. The van der Waals surface area contributed by atoms with E-state index in [2.05, 4.69) is 10.6 Å². The lowest BCUT2D eigenvalue weighted by atomic mass is 10.2. The zero-order valence-electron chi connectivity index (χ0n) is 10.5. The van der Waals surface area contributed by atoms with E-state index in [0.29, 0.717) is 29.7 Å². The fourth-order valence-electron chi connectivity index (χ4n) is 1.50. The van der Waals surface area contributed by atoms with Gasteiger partial charge in [0.1, 0.15) is 0 Å². The van der Waals surface area contributed by atoms with E-state index in [-0.39, 0.29) is 6.61 Å². The van der Waals surface area contributed by atoms with Crippen LogP contribution in [-0.4, -0.2) is 37.6 Å². The molecular weight excluding hydrogens is 252 g/mol. The number of rotatable bonds is 6. The van der Waals surface area contributed by atoms with Crippen LogP contribution < -0.4 is 20.1 Å². The van der Waals surface area contributed by atoms with E-state index >= 15 is 0 Å². The van der Waals surface area contributed by atoms with E-state index in [1.54, 1.807) is 14.2 Å². The molecule has 6 heteroatoms. The minimum atomic E-state index is 0.0459. The Labute approximate surface area is 112 Å². The van der Waals surface area contributed by atoms with Gasteiger partial charge in [-0.05, 0) is 18.3 Å². The van der Waals surface area contributed by atoms with Gasteiger partial charge in [0, 0.05) is 18.7 Å². The molecule has 0 aliphatic heterocycles. The van der Waals surface area contributed by atoms with E-state index in [0.717, 1.165) is 5.56 Å². The van der Waals surface area contributed by atoms with E-state index in [9.17, 15) is 0 Å². The first-order valence-corrected chi connectivity index (χ1v) is 5.96. The minimum absolute atomic E-state index is 0.0459. The summed E-state index contributed by atoms with van der Waals surface area (Å²) in [6, 6.07) is 5.66. The molecule has 0 atom stereocenters. The summed E-state index contributed by atoms with van der Waals surface area (Å²) in [6.45, 7) is 1.00. The van der Waals surface area contributed by atoms with Crippen molar-refractivity contribution in [3.05, 3.63) is 23.8 Å². The maximum absolute atomic E-state index is 8.66. The van der Waals surface area contributed by atoms with Crippen LogP contribution in [0.15, 0.2) is 18.2 Å². The molecule has 0 heterocycles. The molecule has 0 radical (unpaired) electrons. The van der Waals surface area contributed by atoms with Crippen molar-refractivity contribution in [3.8, 4) is 11.5 Å². The van der Waals surface area contributed by atoms with E-state index < -0.39 is 0 Å². The van der Waals surface area contributed by atoms with Crippen LogP contribution in [-0.2, 0) is 6.54 Å². The van der Waals surface area contributed by atoms with Gasteiger partial charge in [-0.15, -0.1) is 0 Å². The molecule has 0 saturated carbocycles. The fraction of sp³-hybridized carbons (Fsp3) is 0.417. The van der Waals surface area contributed by atoms with Gasteiger partial charge in [-0.1, -0.05) is 12.1 Å². The topological polar surface area (TPSA) is 62.8 Å². The third-order valence-electron chi connectivity index (χ3n) is 2.32. The Morgan fingerprint density at radius 3 is 2.67 bits per heavy atom. The van der Waals surface area contributed by atoms with Gasteiger partial charge < -0.3 is 25.2 Å². The average Bonchev–Trinajstić information content (AvgIpc) is 2.41. The number of methoxy groups -OCH3 is 2. The molecule has 100 valence electrons. The van der Waals surface area contributed by atoms with Gasteiger partial charge in [0.2, 0.25) is 0 Å². The molecule has 0 unspecified atom stereocenters. The fourth-order valence-corrected chi connectivity index (χ4v) is 1.67. The minimum Gasteiger partial charge on any atom is -0.493 e. The van der Waals surface area contributed by atoms with Crippen molar-refractivity contribution in [3.63, 3.8) is 0 Å². The molecule has 18 heavy (non-hydrogen) atoms. The lowest BCUT2D eigenvalue weighted by molar-refractivity contribution is 0.300. The Kier molecular flexibility index (Phi) is 6.24. The summed E-state index contributed by atoms with van der Waals surface area (Å²) in [7, 11) is 3.20. The molecule has 0 aliphatic carbocycles. The summed E-state index contributed by atoms with van der Waals surface area (Å²) in [5.41, 5.74) is 0.949. The lowest BCUT2D eigenvalue weighted by Crippen LogP contribution is -2.36. The molecule has 0 amide bonds. The smallest absolute Gasteiger partial charge is 0.166 e. The molecule has 0 aliphatic rings. The van der Waals surface area contributed by atoms with Gasteiger partial charge in [-0.3, -0.25) is 0 Å². The highest BCUT2D eigenvalue weighted by molar-refractivity contribution is 7.80. The molecule has 1 aromatic carbocycles. The third-order valence-corrected chi connectivity index (χ3v) is 2.61. The number of ether oxygens (including phenoxy) is 2. The summed E-state index contributed by atoms with van der Waals surface area (Å²) in [6.07, 6.45) is 0. The van der Waals surface area contributed by atoms with Crippen molar-refractivity contribution in [1.82, 2.24) is 10.6 Å². The Morgan fingerprint density at radius 1 is 1.28 bits per heavy atom. The Morgan fingerprint density at radius 2 is 2.06 bits per heavy atom. The van der Waals surface area contributed by atoms with Gasteiger partial charge in [0.15, 0.2) is 16.6 Å². The highest BCUT2D eigenvalue weighted by Gasteiger charge is 2.09. The first kappa shape index (κ1) is 14.5. The zero-order valence-corrected chi connectivity index (χ0v) is 11.3. The van der Waals surface area contributed by atoms with Crippen LogP contribution in [0.1, 0.15) is 5.56 Å². The summed E-state index contributed by atoms with van der Waals surface area (Å²) in [5, 5.41) is 15.1. The monoisotopic (exact) mass is 270 g/mol. The SMILES string of the molecule is COc1cccc(CNC(=S)NCCO)c1OC. The largest absolute Gasteiger partial charge is 0.493 e. The highest BCUT2D eigenvalue weighted by Crippen LogP contribution is 2.30. The standard InChI is InChI=1S/C12H18N2O3S/c1-16-10-5-3-4-9(11(10)17-2)8-14-12(18)13-6-7-15/h3-5,15H,6-8H2,1-2H3,(H2,13,14,18). The van der Waals surface area contributed by atoms with Crippen LogP contribution in [0.2, 0.25) is 0 Å². The van der Waals surface area contributed by atoms with Crippen LogP contribution in [0.5, 0.6) is 11.5 Å². The normalized spacial score (nSPS) is 9.72. The highest BCUT2D eigenvalue weighted by atomic mass is 32.1. The second kappa shape index (κ2) is 7.73. The van der Waals surface area contributed by atoms with Gasteiger partial charge in [-0.25, -0.2) is 0 Å². The van der Waals surface area contributed by atoms with Crippen molar-refractivity contribution in [1.29, 1.82) is 0 Å². The van der Waals surface area contributed by atoms with Gasteiger partial charge in [-0.2, -0.15) is 0 Å². The van der Waals surface area contributed by atoms with Crippen molar-refractivity contribution < 1.29 is 14.6 Å². The number of aliphatic hydroxyl groups excluding tert-OH is 1. The molecule has 0 fully saturated rings. The average molecular weight is 270 g/mol. The summed E-state index contributed by atoms with van der Waals surface area (Å²) < 4.78 is 10.5. The quantitative estimate of drug-likeness (QED) is 0.660. The zero-order chi connectivity index (χ0) is 13.4. The van der Waals surface area contributed by atoms with E-state index in [4.69, 9.17) is 26.8 Å². The van der Waals surface area contributed by atoms with Gasteiger partial charge in [0.05, 0.1) is 20.8 Å². The van der Waals surface area contributed by atoms with Gasteiger partial charge in [0.25, 0.3) is 0 Å². The van der Waals surface area contributed by atoms with Crippen molar-refractivity contribution >= 4 is 17.3 Å². The first-order valence-electron chi connectivity index (χ1n) is 5.55. The number of para-hydroxylation sites is 1. The molecule has 0 spiro atoms. The predicted octanol–water partition coefficient (Wildman–Crippen LogP) is 0.660. The van der Waals surface area contributed by atoms with Crippen LogP contribution in [0, 0.1) is 0 Å². The van der Waals surface area contributed by atoms with E-state index in [1.807, 2.05) is 18.2 Å². The summed E-state index contributed by atoms with van der Waals surface area (Å²) >= 11 is 5.05. The number of hydrogen-bond acceptors (Lipinski definition) is 4. The van der Waals surface area contributed by atoms with Crippen LogP contribution >= 0.6 is 12.2 Å². The second-order valence-corrected chi connectivity index (χ2v) is 3.89. The molecule has 1 aromatic rings. The first-order chi connectivity index (χ1) is 8.72. The maximum Gasteiger partial charge on any atom is 0.166 e. The van der Waals surface area contributed by atoms with Crippen molar-refractivity contribution in [2.45, 2.75) is 6.54 Å². The number of benzene rings is 1. The molecule has 0 bridgehead atoms. The van der Waals surface area contributed by atoms with Crippen molar-refractivity contribution in [2.75, 3.05) is 27.4 Å². The molecule has 3 N–H and O–H groups in total.